The summed E-state index contributed by atoms with van der Waals surface area (Å²) in [5.74, 6) is -0.142. The smallest absolute Gasteiger partial charge is 0.256 e. The molecule has 1 amide bonds. The van der Waals surface area contributed by atoms with Gasteiger partial charge in [0, 0.05) is 29.2 Å². The molecule has 1 aromatic heterocycles. The highest BCUT2D eigenvalue weighted by molar-refractivity contribution is 9.10. The van der Waals surface area contributed by atoms with E-state index in [9.17, 15) is 4.79 Å². The van der Waals surface area contributed by atoms with Crippen LogP contribution >= 0.6 is 27.7 Å². The monoisotopic (exact) mass is 366 g/mol. The van der Waals surface area contributed by atoms with Gasteiger partial charge in [-0.1, -0.05) is 27.7 Å². The fourth-order valence-corrected chi connectivity index (χ4v) is 2.84. The van der Waals surface area contributed by atoms with Gasteiger partial charge in [-0.05, 0) is 36.4 Å². The maximum Gasteiger partial charge on any atom is 0.256 e. The Hall–Kier alpha value is -1.37. The van der Waals surface area contributed by atoms with Crippen LogP contribution in [0.25, 0.3) is 0 Å². The SMILES string of the molecule is CN(CCO)C(=O)c1cccnc1Sc1ccc(Br)cc1. The number of aliphatic hydroxyl groups excluding tert-OH is 1. The number of rotatable bonds is 5. The van der Waals surface area contributed by atoms with E-state index in [2.05, 4.69) is 20.9 Å². The highest BCUT2D eigenvalue weighted by atomic mass is 79.9. The molecule has 0 bridgehead atoms. The minimum Gasteiger partial charge on any atom is -0.395 e. The Balaban J connectivity index is 2.24. The Morgan fingerprint density at radius 1 is 1.33 bits per heavy atom. The Morgan fingerprint density at radius 2 is 2.05 bits per heavy atom. The molecule has 21 heavy (non-hydrogen) atoms. The molecule has 6 heteroatoms. The van der Waals surface area contributed by atoms with Crippen LogP contribution in [0.1, 0.15) is 10.4 Å². The number of aromatic nitrogens is 1. The predicted molar refractivity (Wildman–Crippen MR) is 86.5 cm³/mol. The predicted octanol–water partition coefficient (Wildman–Crippen LogP) is 3.06. The van der Waals surface area contributed by atoms with Gasteiger partial charge in [-0.2, -0.15) is 0 Å². The summed E-state index contributed by atoms with van der Waals surface area (Å²) in [5.41, 5.74) is 0.543. The van der Waals surface area contributed by atoms with Gasteiger partial charge < -0.3 is 10.0 Å². The molecule has 0 atom stereocenters. The molecule has 0 radical (unpaired) electrons. The number of carbonyl (C=O) groups excluding carboxylic acids is 1. The van der Waals surface area contributed by atoms with Crippen molar-refractivity contribution in [2.45, 2.75) is 9.92 Å². The van der Waals surface area contributed by atoms with Gasteiger partial charge in [0.2, 0.25) is 0 Å². The van der Waals surface area contributed by atoms with Crippen LogP contribution in [0.3, 0.4) is 0 Å². The summed E-state index contributed by atoms with van der Waals surface area (Å²) in [6.07, 6.45) is 1.67. The van der Waals surface area contributed by atoms with Gasteiger partial charge >= 0.3 is 0 Å². The topological polar surface area (TPSA) is 53.4 Å². The Kier molecular flexibility index (Phi) is 5.78. The lowest BCUT2D eigenvalue weighted by Crippen LogP contribution is -2.30. The second kappa shape index (κ2) is 7.59. The van der Waals surface area contributed by atoms with Crippen LogP contribution in [0.4, 0.5) is 0 Å². The number of likely N-dealkylation sites (N-methyl/N-ethyl adjacent to an activating group) is 1. The average molecular weight is 367 g/mol. The van der Waals surface area contributed by atoms with E-state index in [1.807, 2.05) is 24.3 Å². The van der Waals surface area contributed by atoms with Gasteiger partial charge in [0.15, 0.2) is 0 Å². The molecular formula is C15H15BrN2O2S. The molecule has 1 N–H and O–H groups in total. The number of pyridine rings is 1. The minimum absolute atomic E-state index is 0.0578. The molecule has 1 aromatic carbocycles. The van der Waals surface area contributed by atoms with Gasteiger partial charge in [0.05, 0.1) is 12.2 Å². The zero-order chi connectivity index (χ0) is 15.2. The largest absolute Gasteiger partial charge is 0.395 e. The van der Waals surface area contributed by atoms with Crippen LogP contribution in [0.2, 0.25) is 0 Å². The molecule has 0 spiro atoms. The third-order valence-corrected chi connectivity index (χ3v) is 4.37. The van der Waals surface area contributed by atoms with Crippen molar-refractivity contribution in [3.8, 4) is 0 Å². The van der Waals surface area contributed by atoms with Crippen molar-refractivity contribution >= 4 is 33.6 Å². The van der Waals surface area contributed by atoms with Crippen molar-refractivity contribution in [3.63, 3.8) is 0 Å². The second-order valence-corrected chi connectivity index (χ2v) is 6.34. The van der Waals surface area contributed by atoms with E-state index in [-0.39, 0.29) is 12.5 Å². The quantitative estimate of drug-likeness (QED) is 0.883. The van der Waals surface area contributed by atoms with E-state index in [1.165, 1.54) is 16.7 Å². The molecule has 0 unspecified atom stereocenters. The first-order chi connectivity index (χ1) is 10.1. The van der Waals surface area contributed by atoms with Gasteiger partial charge in [0.1, 0.15) is 5.03 Å². The molecule has 0 fully saturated rings. The van der Waals surface area contributed by atoms with Crippen LogP contribution in [-0.4, -0.2) is 41.1 Å². The highest BCUT2D eigenvalue weighted by Crippen LogP contribution is 2.30. The molecule has 0 saturated carbocycles. The molecule has 0 aliphatic rings. The lowest BCUT2D eigenvalue weighted by molar-refractivity contribution is 0.0762. The molecule has 0 aliphatic heterocycles. The van der Waals surface area contributed by atoms with Gasteiger partial charge in [-0.3, -0.25) is 4.79 Å². The van der Waals surface area contributed by atoms with E-state index < -0.39 is 0 Å². The number of benzene rings is 1. The summed E-state index contributed by atoms with van der Waals surface area (Å²) < 4.78 is 1.01. The molecule has 110 valence electrons. The number of amides is 1. The Labute approximate surface area is 136 Å². The second-order valence-electron chi connectivity index (χ2n) is 4.36. The van der Waals surface area contributed by atoms with E-state index >= 15 is 0 Å². The maximum absolute atomic E-state index is 12.4. The molecule has 0 saturated heterocycles. The van der Waals surface area contributed by atoms with Crippen molar-refractivity contribution in [3.05, 3.63) is 52.6 Å². The van der Waals surface area contributed by atoms with Gasteiger partial charge in [-0.25, -0.2) is 4.98 Å². The van der Waals surface area contributed by atoms with E-state index in [0.29, 0.717) is 17.1 Å². The molecular weight excluding hydrogens is 352 g/mol. The number of aliphatic hydroxyl groups is 1. The number of carbonyl (C=O) groups is 1. The molecule has 0 aliphatic carbocycles. The van der Waals surface area contributed by atoms with Crippen LogP contribution in [0.15, 0.2) is 57.0 Å². The fourth-order valence-electron chi connectivity index (χ4n) is 1.71. The van der Waals surface area contributed by atoms with E-state index in [0.717, 1.165) is 9.37 Å². The fraction of sp³-hybridized carbons (Fsp3) is 0.200. The molecule has 2 aromatic rings. The first-order valence-corrected chi connectivity index (χ1v) is 7.97. The lowest BCUT2D eigenvalue weighted by atomic mass is 10.2. The summed E-state index contributed by atoms with van der Waals surface area (Å²) in [6.45, 7) is 0.244. The minimum atomic E-state index is -0.142. The lowest BCUT2D eigenvalue weighted by Gasteiger charge is -2.17. The molecule has 2 rings (SSSR count). The summed E-state index contributed by atoms with van der Waals surface area (Å²) in [4.78, 5) is 19.2. The van der Waals surface area contributed by atoms with Crippen molar-refractivity contribution < 1.29 is 9.90 Å². The van der Waals surface area contributed by atoms with Gasteiger partial charge in [0.25, 0.3) is 5.91 Å². The van der Waals surface area contributed by atoms with Crippen LogP contribution in [0, 0.1) is 0 Å². The summed E-state index contributed by atoms with van der Waals surface area (Å²) >= 11 is 4.84. The van der Waals surface area contributed by atoms with E-state index in [1.54, 1.807) is 25.4 Å². The van der Waals surface area contributed by atoms with Gasteiger partial charge in [-0.15, -0.1) is 0 Å². The first kappa shape index (κ1) is 16.0. The average Bonchev–Trinajstić information content (AvgIpc) is 2.50. The molecule has 1 heterocycles. The van der Waals surface area contributed by atoms with Crippen molar-refractivity contribution in [2.24, 2.45) is 0 Å². The van der Waals surface area contributed by atoms with E-state index in [4.69, 9.17) is 5.11 Å². The third-order valence-electron chi connectivity index (χ3n) is 2.81. The van der Waals surface area contributed by atoms with Crippen molar-refractivity contribution in [1.29, 1.82) is 0 Å². The summed E-state index contributed by atoms with van der Waals surface area (Å²) in [6, 6.07) is 11.3. The van der Waals surface area contributed by atoms with Crippen molar-refractivity contribution in [1.82, 2.24) is 9.88 Å². The standard InChI is InChI=1S/C15H15BrN2O2S/c1-18(9-10-19)15(20)13-3-2-8-17-14(13)21-12-6-4-11(16)5-7-12/h2-8,19H,9-10H2,1H3. The Bertz CT molecular complexity index is 619. The molecule has 4 nitrogen and oxygen atoms in total. The highest BCUT2D eigenvalue weighted by Gasteiger charge is 2.16. The normalized spacial score (nSPS) is 10.4. The third kappa shape index (κ3) is 4.30. The summed E-state index contributed by atoms with van der Waals surface area (Å²) in [7, 11) is 1.67. The van der Waals surface area contributed by atoms with Crippen LogP contribution < -0.4 is 0 Å². The van der Waals surface area contributed by atoms with Crippen LogP contribution in [-0.2, 0) is 0 Å². The zero-order valence-electron chi connectivity index (χ0n) is 11.5. The Morgan fingerprint density at radius 3 is 2.71 bits per heavy atom. The number of hydrogen-bond donors (Lipinski definition) is 1. The zero-order valence-corrected chi connectivity index (χ0v) is 13.9. The van der Waals surface area contributed by atoms with Crippen molar-refractivity contribution in [2.75, 3.05) is 20.2 Å². The number of nitrogens with zero attached hydrogens (tertiary/aromatic N) is 2. The maximum atomic E-state index is 12.4. The number of halogens is 1. The van der Waals surface area contributed by atoms with Crippen LogP contribution in [0.5, 0.6) is 0 Å². The number of hydrogen-bond acceptors (Lipinski definition) is 4. The first-order valence-electron chi connectivity index (χ1n) is 6.36. The summed E-state index contributed by atoms with van der Waals surface area (Å²) in [5, 5.41) is 9.61.